The molecular weight excluding hydrogens is 316 g/mol. The highest BCUT2D eigenvalue weighted by molar-refractivity contribution is 7.94. The van der Waals surface area contributed by atoms with Gasteiger partial charge in [-0.15, -0.1) is 5.69 Å². The number of rotatable bonds is 5. The molecule has 1 N–H and O–H groups in total. The van der Waals surface area contributed by atoms with Crippen LogP contribution in [0.15, 0.2) is 53.4 Å². The van der Waals surface area contributed by atoms with Crippen molar-refractivity contribution in [3.8, 4) is 0 Å². The van der Waals surface area contributed by atoms with Crippen molar-refractivity contribution in [2.75, 3.05) is 5.32 Å². The molecule has 120 valence electrons. The molecule has 0 heterocycles. The van der Waals surface area contributed by atoms with Crippen molar-refractivity contribution in [2.24, 2.45) is 0 Å². The zero-order valence-corrected chi connectivity index (χ0v) is 13.4. The number of carbonyl (C=O) groups is 2. The average molecular weight is 331 g/mol. The minimum absolute atomic E-state index is 0.000157. The van der Waals surface area contributed by atoms with E-state index < -0.39 is 10.0 Å². The van der Waals surface area contributed by atoms with Crippen LogP contribution in [0, 0.1) is 0 Å². The maximum absolute atomic E-state index is 12.3. The predicted molar refractivity (Wildman–Crippen MR) is 87.4 cm³/mol. The summed E-state index contributed by atoms with van der Waals surface area (Å²) < 4.78 is 28.3. The van der Waals surface area contributed by atoms with E-state index in [-0.39, 0.29) is 22.3 Å². The van der Waals surface area contributed by atoms with Crippen LogP contribution in [-0.2, 0) is 14.8 Å². The van der Waals surface area contributed by atoms with Crippen LogP contribution in [0.5, 0.6) is 0 Å². The summed E-state index contributed by atoms with van der Waals surface area (Å²) in [5.74, 6) is -0.412. The first-order valence-electron chi connectivity index (χ1n) is 6.74. The molecule has 0 aliphatic rings. The molecule has 0 radical (unpaired) electrons. The fourth-order valence-electron chi connectivity index (χ4n) is 1.89. The Morgan fingerprint density at radius 2 is 1.65 bits per heavy atom. The molecule has 0 unspecified atom stereocenters. The lowest BCUT2D eigenvalue weighted by molar-refractivity contribution is -0.114. The van der Waals surface area contributed by atoms with Gasteiger partial charge in [0.05, 0.1) is 4.90 Å². The number of anilines is 1. The SMILES string of the molecule is CC(=O)Nc1ccc(S(=O)(=O)[N-]c2cccc(C(C)=O)c2)cc1. The minimum Gasteiger partial charge on any atom is -0.573 e. The van der Waals surface area contributed by atoms with Crippen LogP contribution >= 0.6 is 0 Å². The summed E-state index contributed by atoms with van der Waals surface area (Å²) in [5.41, 5.74) is 1.07. The Balaban J connectivity index is 2.23. The van der Waals surface area contributed by atoms with Gasteiger partial charge in [0.15, 0.2) is 5.78 Å². The van der Waals surface area contributed by atoms with Crippen molar-refractivity contribution >= 4 is 33.1 Å². The van der Waals surface area contributed by atoms with Gasteiger partial charge in [0.1, 0.15) is 10.0 Å². The second-order valence-electron chi connectivity index (χ2n) is 4.88. The second kappa shape index (κ2) is 6.62. The Morgan fingerprint density at radius 3 is 2.22 bits per heavy atom. The van der Waals surface area contributed by atoms with Gasteiger partial charge in [-0.1, -0.05) is 24.3 Å². The number of carbonyl (C=O) groups excluding carboxylic acids is 2. The topological polar surface area (TPSA) is 94.4 Å². The van der Waals surface area contributed by atoms with Gasteiger partial charge < -0.3 is 10.0 Å². The second-order valence-corrected chi connectivity index (χ2v) is 6.48. The summed E-state index contributed by atoms with van der Waals surface area (Å²) in [6.45, 7) is 2.76. The standard InChI is InChI=1S/C16H15N2O4S/c1-11(19)13-4-3-5-15(10-13)18-23(21,22)16-8-6-14(7-9-16)17-12(2)20/h3-10H,1-2H3,(H,17,20)/q-1. The molecule has 0 aliphatic heterocycles. The summed E-state index contributed by atoms with van der Waals surface area (Å²) in [7, 11) is -3.90. The molecule has 0 fully saturated rings. The number of sulfonamides is 1. The van der Waals surface area contributed by atoms with E-state index >= 15 is 0 Å². The molecule has 2 aromatic carbocycles. The maximum atomic E-state index is 12.3. The van der Waals surface area contributed by atoms with Crippen LogP contribution in [-0.4, -0.2) is 20.1 Å². The van der Waals surface area contributed by atoms with Crippen molar-refractivity contribution in [2.45, 2.75) is 18.7 Å². The van der Waals surface area contributed by atoms with Crippen LogP contribution in [0.1, 0.15) is 24.2 Å². The summed E-state index contributed by atoms with van der Waals surface area (Å²) in [4.78, 5) is 22.3. The third-order valence-corrected chi connectivity index (χ3v) is 4.27. The van der Waals surface area contributed by atoms with Crippen LogP contribution in [0.4, 0.5) is 11.4 Å². The maximum Gasteiger partial charge on any atom is 0.221 e. The van der Waals surface area contributed by atoms with Crippen molar-refractivity contribution in [3.63, 3.8) is 0 Å². The molecule has 6 nitrogen and oxygen atoms in total. The number of benzene rings is 2. The minimum atomic E-state index is -3.90. The molecule has 0 spiro atoms. The number of nitrogens with one attached hydrogen (secondary N) is 1. The van der Waals surface area contributed by atoms with Gasteiger partial charge >= 0.3 is 0 Å². The normalized spacial score (nSPS) is 10.9. The number of Topliss-reactive ketones (excluding diaryl/α,β-unsaturated/α-hetero) is 1. The highest BCUT2D eigenvalue weighted by Gasteiger charge is 2.06. The predicted octanol–water partition coefficient (Wildman–Crippen LogP) is 3.24. The molecule has 2 rings (SSSR count). The molecule has 0 atom stereocenters. The first-order valence-corrected chi connectivity index (χ1v) is 8.18. The van der Waals surface area contributed by atoms with E-state index in [0.717, 1.165) is 0 Å². The molecular formula is C16H15N2O4S-. The van der Waals surface area contributed by atoms with Gasteiger partial charge in [-0.05, 0) is 31.2 Å². The zero-order chi connectivity index (χ0) is 17.0. The van der Waals surface area contributed by atoms with Crippen molar-refractivity contribution < 1.29 is 18.0 Å². The lowest BCUT2D eigenvalue weighted by atomic mass is 10.1. The number of amides is 1. The molecule has 1 amide bonds. The van der Waals surface area contributed by atoms with Crippen molar-refractivity contribution in [3.05, 3.63) is 58.8 Å². The summed E-state index contributed by atoms with van der Waals surface area (Å²) in [6, 6.07) is 11.8. The summed E-state index contributed by atoms with van der Waals surface area (Å²) >= 11 is 0. The summed E-state index contributed by atoms with van der Waals surface area (Å²) in [5, 5.41) is 2.55. The molecule has 2 aromatic rings. The van der Waals surface area contributed by atoms with E-state index in [2.05, 4.69) is 10.0 Å². The van der Waals surface area contributed by atoms with E-state index in [9.17, 15) is 18.0 Å². The smallest absolute Gasteiger partial charge is 0.221 e. The van der Waals surface area contributed by atoms with Crippen LogP contribution in [0.25, 0.3) is 4.72 Å². The van der Waals surface area contributed by atoms with Gasteiger partial charge in [-0.3, -0.25) is 9.59 Å². The monoisotopic (exact) mass is 331 g/mol. The quantitative estimate of drug-likeness (QED) is 0.851. The Morgan fingerprint density at radius 1 is 1.00 bits per heavy atom. The van der Waals surface area contributed by atoms with E-state index in [4.69, 9.17) is 0 Å². The Kier molecular flexibility index (Phi) is 4.80. The molecule has 0 aliphatic carbocycles. The van der Waals surface area contributed by atoms with E-state index in [0.29, 0.717) is 11.3 Å². The van der Waals surface area contributed by atoms with Gasteiger partial charge in [-0.2, -0.15) is 0 Å². The lowest BCUT2D eigenvalue weighted by Crippen LogP contribution is -2.06. The molecule has 0 saturated heterocycles. The first-order chi connectivity index (χ1) is 10.8. The van der Waals surface area contributed by atoms with E-state index in [1.165, 1.54) is 50.2 Å². The molecule has 0 saturated carbocycles. The number of hydrogen-bond donors (Lipinski definition) is 1. The number of hydrogen-bond acceptors (Lipinski definition) is 4. The Bertz CT molecular complexity index is 843. The third kappa shape index (κ3) is 4.40. The third-order valence-electron chi connectivity index (χ3n) is 2.95. The van der Waals surface area contributed by atoms with Gasteiger partial charge in [0.2, 0.25) is 5.91 Å². The van der Waals surface area contributed by atoms with Crippen molar-refractivity contribution in [1.29, 1.82) is 0 Å². The van der Waals surface area contributed by atoms with Crippen LogP contribution < -0.4 is 5.32 Å². The van der Waals surface area contributed by atoms with Gasteiger partial charge in [-0.25, -0.2) is 8.42 Å². The fourth-order valence-corrected chi connectivity index (χ4v) is 2.86. The number of ketones is 1. The molecule has 7 heteroatoms. The van der Waals surface area contributed by atoms with Gasteiger partial charge in [0.25, 0.3) is 0 Å². The number of nitrogens with zero attached hydrogens (tertiary/aromatic N) is 1. The van der Waals surface area contributed by atoms with Crippen LogP contribution in [0.2, 0.25) is 0 Å². The summed E-state index contributed by atoms with van der Waals surface area (Å²) in [6.07, 6.45) is 0. The van der Waals surface area contributed by atoms with Crippen molar-refractivity contribution in [1.82, 2.24) is 0 Å². The van der Waals surface area contributed by atoms with E-state index in [1.54, 1.807) is 12.1 Å². The van der Waals surface area contributed by atoms with Gasteiger partial charge in [0, 0.05) is 18.2 Å². The Labute approximate surface area is 134 Å². The average Bonchev–Trinajstić information content (AvgIpc) is 2.47. The lowest BCUT2D eigenvalue weighted by Gasteiger charge is -2.22. The Hall–Kier alpha value is -2.67. The largest absolute Gasteiger partial charge is 0.573 e. The first kappa shape index (κ1) is 16.7. The van der Waals surface area contributed by atoms with E-state index in [1.807, 2.05) is 0 Å². The van der Waals surface area contributed by atoms with Crippen LogP contribution in [0.3, 0.4) is 0 Å². The fraction of sp³-hybridized carbons (Fsp3) is 0.125. The zero-order valence-electron chi connectivity index (χ0n) is 12.6. The highest BCUT2D eigenvalue weighted by atomic mass is 32.2. The molecule has 23 heavy (non-hydrogen) atoms. The molecule has 0 aromatic heterocycles. The highest BCUT2D eigenvalue weighted by Crippen LogP contribution is 2.29. The molecule has 0 bridgehead atoms.